The summed E-state index contributed by atoms with van der Waals surface area (Å²) in [6, 6.07) is -1.16. The van der Waals surface area contributed by atoms with Crippen molar-refractivity contribution in [1.82, 2.24) is 0 Å². The fraction of sp³-hybridized carbons (Fsp3) is 0.971. The summed E-state index contributed by atoms with van der Waals surface area (Å²) < 4.78 is 403. The van der Waals surface area contributed by atoms with E-state index in [2.05, 4.69) is 4.99 Å². The lowest BCUT2D eigenvalue weighted by molar-refractivity contribution is -0.398. The molecule has 616 valence electrons. The summed E-state index contributed by atoms with van der Waals surface area (Å²) in [5.74, 6) is -22.4. The average Bonchev–Trinajstić information content (AvgIpc) is 0.679. The van der Waals surface area contributed by atoms with Gasteiger partial charge in [-0.1, -0.05) is 138 Å². The van der Waals surface area contributed by atoms with Crippen molar-refractivity contribution in [2.75, 3.05) is 41.5 Å². The summed E-state index contributed by atoms with van der Waals surface area (Å²) in [6.45, 7) is 23.9. The van der Waals surface area contributed by atoms with Crippen LogP contribution in [0.5, 0.6) is 0 Å². The van der Waals surface area contributed by atoms with Crippen molar-refractivity contribution in [2.45, 2.75) is 338 Å². The molecule has 34 heteroatoms. The van der Waals surface area contributed by atoms with Gasteiger partial charge >= 0.3 is 60.6 Å². The number of nitrogens with zero attached hydrogens (tertiary/aromatic N) is 2. The zero-order valence-electron chi connectivity index (χ0n) is 66.0. The second-order valence-corrected chi connectivity index (χ2v) is 43.5. The molecule has 0 N–H and O–H groups in total. The van der Waals surface area contributed by atoms with Crippen LogP contribution in [0.2, 0.25) is 24.7 Å². The van der Waals surface area contributed by atoms with Gasteiger partial charge in [0.2, 0.25) is 8.32 Å². The maximum atomic E-state index is 18.2. The summed E-state index contributed by atoms with van der Waals surface area (Å²) in [7, 11) is -7.80. The van der Waals surface area contributed by atoms with Gasteiger partial charge in [0.1, 0.15) is 0 Å². The molecule has 0 rings (SSSR count). The van der Waals surface area contributed by atoms with Crippen LogP contribution in [0.15, 0.2) is 9.98 Å². The Bertz CT molecular complexity index is 2780. The van der Waals surface area contributed by atoms with Gasteiger partial charge in [0.25, 0.3) is 23.2 Å². The predicted octanol–water partition coefficient (Wildman–Crippen LogP) is 24.8. The standard InChI is InChI=1S/C69H121F23N2O6Si3/c1-30-50(9,10)45-47(51(11,12)52(13,14)64(81,68(87,88)89)66(83,84)59(23,35-6)57(21,33-4)62(77,78)48(70)71)94-41-37-42-102(95-25,96-26)54(17,18)99-101(29,44-39-61(74,75)76)53(15,16)100-103(97-27,98-28)43-38-40-93-46(8)55(19,31-2)56(20,32-3)65(82,69(90,91)92)67(85,86)60(24,36-7)58(22,34-5)63(79,80)49(72)73/h48-49H,30-45H2,1-29H3/b93-46+,94-47+. The lowest BCUT2D eigenvalue weighted by atomic mass is 9.46. The van der Waals surface area contributed by atoms with Gasteiger partial charge in [-0.15, -0.1) is 0 Å². The maximum absolute atomic E-state index is 18.2. The van der Waals surface area contributed by atoms with Crippen molar-refractivity contribution < 1.29 is 128 Å². The molecule has 0 aliphatic heterocycles. The first-order valence-electron chi connectivity index (χ1n) is 34.9. The monoisotopic (exact) mass is 1590 g/mol. The van der Waals surface area contributed by atoms with Crippen molar-refractivity contribution in [3.63, 3.8) is 0 Å². The predicted molar refractivity (Wildman–Crippen MR) is 364 cm³/mol. The van der Waals surface area contributed by atoms with E-state index in [0.717, 1.165) is 76.5 Å². The molecule has 0 bridgehead atoms. The molecule has 0 heterocycles. The molecule has 0 aromatic carbocycles. The Morgan fingerprint density at radius 2 is 0.767 bits per heavy atom. The smallest absolute Gasteiger partial charge is 0.407 e. The zero-order chi connectivity index (χ0) is 82.8. The largest absolute Gasteiger partial charge is 0.500 e. The van der Waals surface area contributed by atoms with Crippen LogP contribution in [-0.2, 0) is 26.6 Å². The van der Waals surface area contributed by atoms with Crippen LogP contribution in [-0.4, -0.2) is 155 Å². The van der Waals surface area contributed by atoms with Gasteiger partial charge in [-0.2, -0.15) is 57.1 Å². The van der Waals surface area contributed by atoms with E-state index in [-0.39, 0.29) is 63.2 Å². The third kappa shape index (κ3) is 16.9. The topological polar surface area (TPSA) is 80.1 Å². The molecule has 0 radical (unpaired) electrons. The number of rotatable bonds is 45. The maximum Gasteiger partial charge on any atom is 0.500 e. The summed E-state index contributed by atoms with van der Waals surface area (Å²) >= 11 is 0. The Morgan fingerprint density at radius 1 is 0.408 bits per heavy atom. The molecular formula is C69H121F23N2O6Si3. The van der Waals surface area contributed by atoms with E-state index in [4.69, 9.17) is 31.5 Å². The van der Waals surface area contributed by atoms with Gasteiger partial charge in [-0.3, -0.25) is 9.98 Å². The normalized spacial score (nSPS) is 20.5. The van der Waals surface area contributed by atoms with E-state index in [0.29, 0.717) is 41.0 Å². The summed E-state index contributed by atoms with van der Waals surface area (Å²) in [6.07, 6.45) is -35.6. The van der Waals surface area contributed by atoms with Crippen molar-refractivity contribution >= 4 is 37.1 Å². The number of hydrogen-bond donors (Lipinski definition) is 0. The number of hydrogen-bond acceptors (Lipinski definition) is 8. The Morgan fingerprint density at radius 3 is 1.08 bits per heavy atom. The quantitative estimate of drug-likeness (QED) is 0.0262. The molecule has 0 fully saturated rings. The van der Waals surface area contributed by atoms with Gasteiger partial charge < -0.3 is 26.6 Å². The molecule has 0 amide bonds. The third-order valence-electron chi connectivity index (χ3n) is 26.5. The zero-order valence-corrected chi connectivity index (χ0v) is 69.0. The van der Waals surface area contributed by atoms with Crippen LogP contribution < -0.4 is 0 Å². The van der Waals surface area contributed by atoms with Crippen LogP contribution in [0.3, 0.4) is 0 Å². The number of aliphatic imine (C=N–C) groups is 2. The van der Waals surface area contributed by atoms with Gasteiger partial charge in [-0.05, 0) is 116 Å². The van der Waals surface area contributed by atoms with Gasteiger partial charge in [0.05, 0.1) is 10.4 Å². The molecule has 9 atom stereocenters. The number of alkyl halides is 23. The van der Waals surface area contributed by atoms with Crippen molar-refractivity contribution in [3.05, 3.63) is 0 Å². The number of halogens is 23. The lowest BCUT2D eigenvalue weighted by Crippen LogP contribution is -2.76. The second kappa shape index (κ2) is 33.2. The summed E-state index contributed by atoms with van der Waals surface area (Å²) in [5, 5.41) is -3.50. The highest BCUT2D eigenvalue weighted by Gasteiger charge is 2.89. The first kappa shape index (κ1) is 101. The molecule has 0 spiro atoms. The highest BCUT2D eigenvalue weighted by Crippen LogP contribution is 2.75. The summed E-state index contributed by atoms with van der Waals surface area (Å²) in [4.78, 5) is 9.15. The van der Waals surface area contributed by atoms with Crippen LogP contribution in [0.4, 0.5) is 101 Å². The van der Waals surface area contributed by atoms with Crippen molar-refractivity contribution in [1.29, 1.82) is 0 Å². The minimum atomic E-state index is -6.56. The molecule has 0 saturated heterocycles. The lowest BCUT2D eigenvalue weighted by Gasteiger charge is -2.62. The highest BCUT2D eigenvalue weighted by atomic mass is 28.4. The Kier molecular flexibility index (Phi) is 32.6. The molecule has 0 saturated carbocycles. The third-order valence-corrected chi connectivity index (χ3v) is 39.0. The Balaban J connectivity index is 8.16. The van der Waals surface area contributed by atoms with E-state index in [1.165, 1.54) is 55.4 Å². The molecule has 0 aromatic rings. The molecular weight excluding hydrogens is 1470 g/mol. The van der Waals surface area contributed by atoms with Gasteiger partial charge in [0, 0.05) is 109 Å². The van der Waals surface area contributed by atoms with Gasteiger partial charge in [0.15, 0.2) is 0 Å². The molecule has 0 aliphatic rings. The van der Waals surface area contributed by atoms with E-state index in [1.807, 2.05) is 0 Å². The van der Waals surface area contributed by atoms with E-state index >= 15 is 70.2 Å². The van der Waals surface area contributed by atoms with Gasteiger partial charge in [-0.25, -0.2) is 43.9 Å². The van der Waals surface area contributed by atoms with Crippen molar-refractivity contribution in [2.24, 2.45) is 58.7 Å². The van der Waals surface area contributed by atoms with Crippen LogP contribution in [0.1, 0.15) is 237 Å². The van der Waals surface area contributed by atoms with Crippen LogP contribution in [0.25, 0.3) is 0 Å². The first-order valence-corrected chi connectivity index (χ1v) is 41.5. The summed E-state index contributed by atoms with van der Waals surface area (Å²) in [5.41, 5.74) is -39.2. The van der Waals surface area contributed by atoms with E-state index < -0.39 is 209 Å². The van der Waals surface area contributed by atoms with Crippen molar-refractivity contribution in [3.8, 4) is 0 Å². The van der Waals surface area contributed by atoms with E-state index in [9.17, 15) is 30.7 Å². The molecule has 103 heavy (non-hydrogen) atoms. The molecule has 9 unspecified atom stereocenters. The Labute approximate surface area is 601 Å². The first-order chi connectivity index (χ1) is 45.6. The fourth-order valence-electron chi connectivity index (χ4n) is 15.5. The van der Waals surface area contributed by atoms with Crippen LogP contribution in [0, 0.1) is 48.7 Å². The molecule has 0 aliphatic carbocycles. The Hall–Kier alpha value is -1.86. The molecule has 8 nitrogen and oxygen atoms in total. The average molecular weight is 1600 g/mol. The highest BCUT2D eigenvalue weighted by molar-refractivity contribution is 6.78. The SMILES string of the molecule is CCC(C)(C)C/C(=N\CCC[Si](OC)(OC)C(C)(C)O[Si](C)(CCC(F)(F)F)C(C)(C)O[Si](CCC/N=C(\C)C(C)(CC)C(C)(CC)C(F)(C(F)(F)F)C(F)(F)C(C)(CC)C(C)(CC)C(F)(F)C(F)F)(OC)OC)C(C)(C)C(C)(C)C(F)(C(F)(F)F)C(F)(F)C(C)(CC)C(C)(CC)C(F)(F)C(F)F. The van der Waals surface area contributed by atoms with Crippen LogP contribution >= 0.6 is 0 Å². The minimum absolute atomic E-state index is 0.138. The fourth-order valence-corrected chi connectivity index (χ4v) is 26.0. The van der Waals surface area contributed by atoms with E-state index in [1.54, 1.807) is 20.8 Å². The minimum Gasteiger partial charge on any atom is -0.407 e. The molecule has 0 aromatic heterocycles. The second-order valence-electron chi connectivity index (χ2n) is 32.2.